The summed E-state index contributed by atoms with van der Waals surface area (Å²) in [5.74, 6) is 0.670. The van der Waals surface area contributed by atoms with Crippen molar-refractivity contribution in [1.82, 2.24) is 0 Å². The number of hydrogen-bond acceptors (Lipinski definition) is 5. The monoisotopic (exact) mass is 325 g/mol. The van der Waals surface area contributed by atoms with Crippen molar-refractivity contribution in [2.45, 2.75) is 0 Å². The normalized spacial score (nSPS) is 10.4. The number of ether oxygens (including phenoxy) is 2. The summed E-state index contributed by atoms with van der Waals surface area (Å²) < 4.78 is 15.4. The molecule has 3 aromatic rings. The number of carbonyl (C=O) groups is 1. The average Bonchev–Trinajstić information content (AvgIpc) is 2.61. The van der Waals surface area contributed by atoms with E-state index in [1.165, 1.54) is 20.3 Å². The van der Waals surface area contributed by atoms with E-state index in [1.54, 1.807) is 42.5 Å². The molecule has 0 fully saturated rings. The van der Waals surface area contributed by atoms with Crippen molar-refractivity contribution in [3.63, 3.8) is 0 Å². The standard InChI is InChI=1S/C18H15NO5/c1-22-13-5-7-16(23-2)14(10-13)18(21)19-12-4-6-15-11(9-12)3-8-17(20)24-15/h3-10H,1-2H3,(H,19,21). The van der Waals surface area contributed by atoms with E-state index in [1.807, 2.05) is 0 Å². The highest BCUT2D eigenvalue weighted by molar-refractivity contribution is 6.07. The van der Waals surface area contributed by atoms with Crippen molar-refractivity contribution in [1.29, 1.82) is 0 Å². The van der Waals surface area contributed by atoms with Gasteiger partial charge in [-0.25, -0.2) is 4.79 Å². The Hall–Kier alpha value is -3.28. The second-order valence-electron chi connectivity index (χ2n) is 5.03. The number of rotatable bonds is 4. The summed E-state index contributed by atoms with van der Waals surface area (Å²) in [6.07, 6.45) is 0. The Kier molecular flexibility index (Phi) is 4.20. The van der Waals surface area contributed by atoms with Gasteiger partial charge in [-0.05, 0) is 42.5 Å². The van der Waals surface area contributed by atoms with Crippen molar-refractivity contribution < 1.29 is 18.7 Å². The van der Waals surface area contributed by atoms with Gasteiger partial charge in [0.1, 0.15) is 17.1 Å². The summed E-state index contributed by atoms with van der Waals surface area (Å²) in [4.78, 5) is 23.7. The molecule has 0 spiro atoms. The quantitative estimate of drug-likeness (QED) is 0.746. The number of anilines is 1. The molecular formula is C18H15NO5. The number of hydrogen-bond donors (Lipinski definition) is 1. The maximum Gasteiger partial charge on any atom is 0.336 e. The summed E-state index contributed by atoms with van der Waals surface area (Å²) >= 11 is 0. The van der Waals surface area contributed by atoms with Crippen LogP contribution in [0.1, 0.15) is 10.4 Å². The smallest absolute Gasteiger partial charge is 0.336 e. The Morgan fingerprint density at radius 3 is 2.58 bits per heavy atom. The topological polar surface area (TPSA) is 77.8 Å². The average molecular weight is 325 g/mol. The van der Waals surface area contributed by atoms with Crippen LogP contribution >= 0.6 is 0 Å². The molecule has 1 heterocycles. The number of carbonyl (C=O) groups excluding carboxylic acids is 1. The Labute approximate surface area is 137 Å². The summed E-state index contributed by atoms with van der Waals surface area (Å²) in [5.41, 5.74) is 0.975. The molecule has 0 aliphatic heterocycles. The van der Waals surface area contributed by atoms with Crippen LogP contribution in [0.15, 0.2) is 57.7 Å². The van der Waals surface area contributed by atoms with Crippen molar-refractivity contribution >= 4 is 22.6 Å². The lowest BCUT2D eigenvalue weighted by Crippen LogP contribution is -2.13. The van der Waals surface area contributed by atoms with Crippen LogP contribution in [0, 0.1) is 0 Å². The van der Waals surface area contributed by atoms with E-state index in [0.717, 1.165) is 0 Å². The fourth-order valence-corrected chi connectivity index (χ4v) is 2.34. The first-order valence-electron chi connectivity index (χ1n) is 7.18. The summed E-state index contributed by atoms with van der Waals surface area (Å²) in [6, 6.07) is 13.0. The number of nitrogens with one attached hydrogen (secondary N) is 1. The van der Waals surface area contributed by atoms with Crippen LogP contribution in [-0.4, -0.2) is 20.1 Å². The third kappa shape index (κ3) is 3.08. The summed E-state index contributed by atoms with van der Waals surface area (Å²) in [6.45, 7) is 0. The second-order valence-corrected chi connectivity index (χ2v) is 5.03. The Balaban J connectivity index is 1.92. The van der Waals surface area contributed by atoms with Crippen LogP contribution in [0.25, 0.3) is 11.0 Å². The van der Waals surface area contributed by atoms with E-state index in [4.69, 9.17) is 13.9 Å². The minimum Gasteiger partial charge on any atom is -0.497 e. The Morgan fingerprint density at radius 2 is 1.83 bits per heavy atom. The van der Waals surface area contributed by atoms with Crippen LogP contribution in [0.3, 0.4) is 0 Å². The first-order valence-corrected chi connectivity index (χ1v) is 7.18. The van der Waals surface area contributed by atoms with Gasteiger partial charge >= 0.3 is 5.63 Å². The van der Waals surface area contributed by atoms with Gasteiger partial charge in [-0.2, -0.15) is 0 Å². The van der Waals surface area contributed by atoms with E-state index in [9.17, 15) is 9.59 Å². The molecule has 1 aromatic heterocycles. The molecule has 0 atom stereocenters. The highest BCUT2D eigenvalue weighted by Gasteiger charge is 2.14. The largest absolute Gasteiger partial charge is 0.497 e. The van der Waals surface area contributed by atoms with Crippen molar-refractivity contribution in [3.8, 4) is 11.5 Å². The molecule has 0 unspecified atom stereocenters. The number of benzene rings is 2. The number of fused-ring (bicyclic) bond motifs is 1. The highest BCUT2D eigenvalue weighted by atomic mass is 16.5. The first-order chi connectivity index (χ1) is 11.6. The molecule has 0 saturated heterocycles. The van der Waals surface area contributed by atoms with Gasteiger partial charge in [0.2, 0.25) is 0 Å². The number of amides is 1. The van der Waals surface area contributed by atoms with E-state index >= 15 is 0 Å². The van der Waals surface area contributed by atoms with E-state index in [-0.39, 0.29) is 5.91 Å². The van der Waals surface area contributed by atoms with Crippen molar-refractivity contribution in [2.24, 2.45) is 0 Å². The van der Waals surface area contributed by atoms with Crippen LogP contribution < -0.4 is 20.4 Å². The van der Waals surface area contributed by atoms with Gasteiger partial charge in [0.25, 0.3) is 5.91 Å². The van der Waals surface area contributed by atoms with Crippen molar-refractivity contribution in [2.75, 3.05) is 19.5 Å². The summed E-state index contributed by atoms with van der Waals surface area (Å²) in [7, 11) is 3.03. The van der Waals surface area contributed by atoms with Gasteiger partial charge in [0.15, 0.2) is 0 Å². The Morgan fingerprint density at radius 1 is 1.00 bits per heavy atom. The van der Waals surface area contributed by atoms with Gasteiger partial charge in [-0.1, -0.05) is 0 Å². The highest BCUT2D eigenvalue weighted by Crippen LogP contribution is 2.25. The molecule has 0 saturated carbocycles. The third-order valence-corrected chi connectivity index (χ3v) is 3.53. The molecule has 6 nitrogen and oxygen atoms in total. The van der Waals surface area contributed by atoms with Gasteiger partial charge in [-0.15, -0.1) is 0 Å². The minimum absolute atomic E-state index is 0.331. The maximum absolute atomic E-state index is 12.5. The SMILES string of the molecule is COc1ccc(OC)c(C(=O)Nc2ccc3oc(=O)ccc3c2)c1. The van der Waals surface area contributed by atoms with Crippen LogP contribution in [0.4, 0.5) is 5.69 Å². The van der Waals surface area contributed by atoms with Gasteiger partial charge in [0.05, 0.1) is 19.8 Å². The molecule has 1 amide bonds. The predicted octanol–water partition coefficient (Wildman–Crippen LogP) is 3.06. The second kappa shape index (κ2) is 6.45. The lowest BCUT2D eigenvalue weighted by atomic mass is 10.1. The zero-order chi connectivity index (χ0) is 17.1. The van der Waals surface area contributed by atoms with E-state index < -0.39 is 5.63 Å². The molecule has 0 bridgehead atoms. The molecule has 0 aliphatic carbocycles. The first kappa shape index (κ1) is 15.6. The van der Waals surface area contributed by atoms with Crippen molar-refractivity contribution in [3.05, 3.63) is 64.5 Å². The molecule has 0 aliphatic rings. The predicted molar refractivity (Wildman–Crippen MR) is 90.0 cm³/mol. The minimum atomic E-state index is -0.416. The summed E-state index contributed by atoms with van der Waals surface area (Å²) in [5, 5.41) is 3.51. The third-order valence-electron chi connectivity index (χ3n) is 3.53. The fourth-order valence-electron chi connectivity index (χ4n) is 2.34. The van der Waals surface area contributed by atoms with Gasteiger partial charge in [-0.3, -0.25) is 4.79 Å². The molecule has 24 heavy (non-hydrogen) atoms. The molecule has 1 N–H and O–H groups in total. The molecule has 122 valence electrons. The zero-order valence-electron chi connectivity index (χ0n) is 13.2. The molecule has 3 rings (SSSR count). The lowest BCUT2D eigenvalue weighted by Gasteiger charge is -2.11. The van der Waals surface area contributed by atoms with Crippen LogP contribution in [0.5, 0.6) is 11.5 Å². The number of methoxy groups -OCH3 is 2. The van der Waals surface area contributed by atoms with Crippen LogP contribution in [0.2, 0.25) is 0 Å². The van der Waals surface area contributed by atoms with Crippen LogP contribution in [-0.2, 0) is 0 Å². The van der Waals surface area contributed by atoms with Gasteiger partial charge in [0, 0.05) is 17.1 Å². The van der Waals surface area contributed by atoms with Gasteiger partial charge < -0.3 is 19.2 Å². The maximum atomic E-state index is 12.5. The van der Waals surface area contributed by atoms with E-state index in [2.05, 4.69) is 5.32 Å². The Bertz CT molecular complexity index is 961. The molecular weight excluding hydrogens is 310 g/mol. The fraction of sp³-hybridized carbons (Fsp3) is 0.111. The van der Waals surface area contributed by atoms with E-state index in [0.29, 0.717) is 33.7 Å². The lowest BCUT2D eigenvalue weighted by molar-refractivity contribution is 0.102. The molecule has 2 aromatic carbocycles. The molecule has 6 heteroatoms. The molecule has 0 radical (unpaired) electrons. The zero-order valence-corrected chi connectivity index (χ0v) is 13.2.